The third-order valence-corrected chi connectivity index (χ3v) is 21.3. The zero-order chi connectivity index (χ0) is 81.7. The fourth-order valence-corrected chi connectivity index (χ4v) is 13.4. The van der Waals surface area contributed by atoms with Gasteiger partial charge in [-0.15, -0.1) is 42.4 Å². The molecule has 5 aromatic heterocycles. The third-order valence-electron chi connectivity index (χ3n) is 14.2. The molecule has 7 heterocycles. The van der Waals surface area contributed by atoms with Crippen molar-refractivity contribution in [3.8, 4) is 97.2 Å². The maximum Gasteiger partial charge on any atom is 0.209 e. The standard InChI is InChI=1S/C14H13N3OS.C13H15N3O3S.C12H13N3O3S2.C12H13N3O2S.2C11H11N3O3S/c1-9(18)8-19-14-7-13(16-17-14)11-3-2-10-4-5-15-12(10)6-11;1-8(17)7-20-13-14-12(15-16-13)9-4-10(18-2)6-11(5-9)19-3;1-8(16)7-19-12-13-11(14-15-12)9-4-3-5-10(6-9)20(2,17)18;1-8(16)7-18-12-13-11(14-15-12)9-4-3-5-10(6-9)17-2;1-6(15)5-18-11-12-10(13-14-11)7-2-8(16)4-9(17)3-7;1-6(15)5-18-11-12-10(13-14-11)8-4-7(16)2-3-9(8)17/h2-3,5-6,18H,1,4,7-8H2;4-6H,7H2,1-3H3,(H,14,15,16);3-6H,7H2,1-2H3,(H,13,14,15);3-6H,7H2,1-2H3,(H,13,14,15);2*2-4,16-17H,5H2,1H3,(H,12,13,14). The molecule has 0 aliphatic carbocycles. The molecule has 13 rings (SSSR count). The third kappa shape index (κ3) is 28.7. The number of aromatic nitrogens is 15. The summed E-state index contributed by atoms with van der Waals surface area (Å²) in [4.78, 5) is 80.1. The number of benzene rings is 6. The van der Waals surface area contributed by atoms with Crippen LogP contribution in [0.25, 0.3) is 56.9 Å². The summed E-state index contributed by atoms with van der Waals surface area (Å²) < 4.78 is 38.6. The first kappa shape index (κ1) is 87.2. The van der Waals surface area contributed by atoms with E-state index in [0.717, 1.165) is 51.6 Å². The fourth-order valence-electron chi connectivity index (χ4n) is 9.07. The molecule has 0 fully saturated rings. The van der Waals surface area contributed by atoms with Crippen LogP contribution in [0.5, 0.6) is 40.2 Å². The van der Waals surface area contributed by atoms with Crippen molar-refractivity contribution in [1.29, 1.82) is 0 Å². The van der Waals surface area contributed by atoms with Gasteiger partial charge in [-0.2, -0.15) is 5.10 Å². The van der Waals surface area contributed by atoms with E-state index < -0.39 is 9.84 Å². The molecule has 0 radical (unpaired) electrons. The highest BCUT2D eigenvalue weighted by molar-refractivity contribution is 8.14. The number of aliphatic imine (C=N–C) groups is 1. The summed E-state index contributed by atoms with van der Waals surface area (Å²) in [7, 11) is 1.54. The van der Waals surface area contributed by atoms with Crippen LogP contribution in [0.3, 0.4) is 0 Å². The van der Waals surface area contributed by atoms with E-state index in [-0.39, 0.29) is 62.6 Å². The summed E-state index contributed by atoms with van der Waals surface area (Å²) in [5.41, 5.74) is 7.54. The summed E-state index contributed by atoms with van der Waals surface area (Å²) >= 11 is 7.75. The number of phenols is 4. The van der Waals surface area contributed by atoms with Gasteiger partial charge in [0, 0.05) is 65.3 Å². The van der Waals surface area contributed by atoms with E-state index in [1.807, 2.05) is 42.6 Å². The normalized spacial score (nSPS) is 11.6. The highest BCUT2D eigenvalue weighted by Crippen LogP contribution is 2.34. The lowest BCUT2D eigenvalue weighted by Crippen LogP contribution is -2.02. The van der Waals surface area contributed by atoms with Gasteiger partial charge < -0.3 is 39.7 Å². The van der Waals surface area contributed by atoms with E-state index in [2.05, 4.69) is 116 Å². The molecule has 2 aliphatic heterocycles. The molecular weight excluding hydrogens is 1590 g/mol. The second-order valence-corrected chi connectivity index (χ2v) is 31.6. The number of methoxy groups -OCH3 is 3. The van der Waals surface area contributed by atoms with Crippen molar-refractivity contribution in [2.45, 2.75) is 78.1 Å². The Labute approximate surface area is 672 Å². The van der Waals surface area contributed by atoms with E-state index in [4.69, 9.17) is 19.3 Å². The first-order valence-corrected chi connectivity index (χ1v) is 41.1. The molecule has 590 valence electrons. The number of hydrogen-bond acceptors (Lipinski definition) is 34. The summed E-state index contributed by atoms with van der Waals surface area (Å²) in [5.74, 6) is 7.12. The molecule has 0 saturated heterocycles. The highest BCUT2D eigenvalue weighted by Gasteiger charge is 2.20. The number of thioether (sulfide) groups is 6. The smallest absolute Gasteiger partial charge is 0.209 e. The number of carbonyl (C=O) groups excluding carboxylic acids is 5. The van der Waals surface area contributed by atoms with Crippen LogP contribution >= 0.6 is 70.6 Å². The van der Waals surface area contributed by atoms with Crippen molar-refractivity contribution in [2.75, 3.05) is 62.1 Å². The first-order chi connectivity index (χ1) is 54.0. The number of Topliss-reactive ketones (excluding diaryl/α,β-unsaturated/α-hetero) is 5. The Morgan fingerprint density at radius 2 is 0.885 bits per heavy atom. The van der Waals surface area contributed by atoms with E-state index in [1.165, 1.54) is 152 Å². The average Bonchev–Trinajstić information content (AvgIpc) is 1.56. The minimum Gasteiger partial charge on any atom is -0.512 e. The van der Waals surface area contributed by atoms with Crippen molar-refractivity contribution < 1.29 is 72.1 Å². The Hall–Kier alpha value is -11.4. The Balaban J connectivity index is 0.000000170. The number of phenolic OH excluding ortho intramolecular Hbond substituents is 4. The number of hydrogen-bond donors (Lipinski definition) is 10. The van der Waals surface area contributed by atoms with Crippen LogP contribution in [-0.2, 0) is 40.2 Å². The van der Waals surface area contributed by atoms with Gasteiger partial charge in [0.05, 0.1) is 83.5 Å². The minimum absolute atomic E-state index is 0.00734. The summed E-state index contributed by atoms with van der Waals surface area (Å²) in [6, 6.07) is 34.0. The van der Waals surface area contributed by atoms with E-state index in [9.17, 15) is 52.8 Å². The number of fused-ring (bicyclic) bond motifs is 1. The summed E-state index contributed by atoms with van der Waals surface area (Å²) in [6.45, 7) is 11.0. The number of aliphatic hydroxyl groups excluding tert-OH is 1. The number of nitrogens with zero attached hydrogens (tertiary/aromatic N) is 13. The van der Waals surface area contributed by atoms with E-state index in [1.54, 1.807) is 46.5 Å². The molecule has 0 saturated carbocycles. The molecular formula is C73H76N18O15S7. The largest absolute Gasteiger partial charge is 0.512 e. The van der Waals surface area contributed by atoms with Gasteiger partial charge in [-0.05, 0) is 113 Å². The van der Waals surface area contributed by atoms with Gasteiger partial charge in [0.2, 0.25) is 25.8 Å². The first-order valence-electron chi connectivity index (χ1n) is 33.3. The van der Waals surface area contributed by atoms with Crippen LogP contribution < -0.4 is 14.2 Å². The highest BCUT2D eigenvalue weighted by atomic mass is 32.2. The van der Waals surface area contributed by atoms with E-state index >= 15 is 0 Å². The maximum absolute atomic E-state index is 11.5. The zero-order valence-electron chi connectivity index (χ0n) is 62.0. The fraction of sp³-hybridized carbons (Fsp3) is 0.233. The van der Waals surface area contributed by atoms with Crippen molar-refractivity contribution in [1.82, 2.24) is 75.9 Å². The Morgan fingerprint density at radius 3 is 1.35 bits per heavy atom. The molecule has 0 bridgehead atoms. The lowest BCUT2D eigenvalue weighted by atomic mass is 10.0. The van der Waals surface area contributed by atoms with Gasteiger partial charge in [0.25, 0.3) is 0 Å². The molecule has 10 N–H and O–H groups in total. The SMILES string of the molecule is C=C(O)CSC1=NN=C(c2ccc3c(c2)N=CC3)C1.CC(=O)CSc1n[nH]c(-c2cc(O)cc(O)c2)n1.CC(=O)CSc1n[nH]c(-c2cc(O)ccc2O)n1.CC(=O)CSc1n[nH]c(-c2cccc(S(C)(=O)=O)c2)n1.COc1cc(OC)cc(-c2nc(SCC(C)=O)n[nH]2)c1.COc1cccc(-c2nc(SCC(C)=O)n[nH]2)c1. The lowest BCUT2D eigenvalue weighted by Gasteiger charge is -2.06. The number of sulfone groups is 1. The molecule has 40 heteroatoms. The number of carbonyl (C=O) groups is 5. The summed E-state index contributed by atoms with van der Waals surface area (Å²) in [6.07, 6.45) is 4.70. The number of nitrogens with one attached hydrogen (secondary N) is 5. The predicted octanol–water partition coefficient (Wildman–Crippen LogP) is 12.3. The lowest BCUT2D eigenvalue weighted by molar-refractivity contribution is -0.115. The average molecular weight is 1670 g/mol. The molecule has 0 unspecified atom stereocenters. The number of H-pyrrole nitrogens is 5. The Morgan fingerprint density at radius 1 is 0.451 bits per heavy atom. The Kier molecular flexibility index (Phi) is 33.0. The second kappa shape index (κ2) is 42.8. The van der Waals surface area contributed by atoms with Crippen molar-refractivity contribution in [3.05, 3.63) is 145 Å². The van der Waals surface area contributed by atoms with Gasteiger partial charge >= 0.3 is 0 Å². The number of ketones is 5. The molecule has 33 nitrogen and oxygen atoms in total. The van der Waals surface area contributed by atoms with Gasteiger partial charge in [0.1, 0.15) is 74.2 Å². The monoisotopic (exact) mass is 1670 g/mol. The predicted molar refractivity (Wildman–Crippen MR) is 437 cm³/mol. The van der Waals surface area contributed by atoms with Crippen LogP contribution in [-0.4, -0.2) is 218 Å². The van der Waals surface area contributed by atoms with Gasteiger partial charge in [-0.25, -0.2) is 33.3 Å². The quantitative estimate of drug-likeness (QED) is 0.0130. The molecule has 113 heavy (non-hydrogen) atoms. The van der Waals surface area contributed by atoms with Gasteiger partial charge in [0.15, 0.2) is 39.0 Å². The van der Waals surface area contributed by atoms with Crippen molar-refractivity contribution >= 4 is 132 Å². The number of aliphatic hydroxyl groups is 1. The van der Waals surface area contributed by atoms with Gasteiger partial charge in [-0.3, -0.25) is 54.5 Å². The molecule has 11 aromatic rings. The molecule has 0 atom stereocenters. The number of rotatable bonds is 27. The van der Waals surface area contributed by atoms with Crippen LogP contribution in [0.4, 0.5) is 5.69 Å². The number of aromatic amines is 5. The van der Waals surface area contributed by atoms with Crippen molar-refractivity contribution in [3.63, 3.8) is 0 Å². The van der Waals surface area contributed by atoms with Crippen LogP contribution in [0.1, 0.15) is 52.2 Å². The van der Waals surface area contributed by atoms with Crippen LogP contribution in [0, 0.1) is 0 Å². The molecule has 0 amide bonds. The Bertz CT molecular complexity index is 5350. The topological polar surface area (TPSA) is 493 Å². The minimum atomic E-state index is -3.26. The van der Waals surface area contributed by atoms with Crippen LogP contribution in [0.2, 0.25) is 0 Å². The van der Waals surface area contributed by atoms with Gasteiger partial charge in [-0.1, -0.05) is 102 Å². The van der Waals surface area contributed by atoms with E-state index in [0.29, 0.717) is 124 Å². The molecule has 2 aliphatic rings. The number of ether oxygens (including phenoxy) is 3. The molecule has 6 aromatic carbocycles. The number of aromatic hydroxyl groups is 4. The zero-order valence-corrected chi connectivity index (χ0v) is 67.7. The van der Waals surface area contributed by atoms with Crippen LogP contribution in [0.15, 0.2) is 180 Å². The van der Waals surface area contributed by atoms with Crippen molar-refractivity contribution in [2.24, 2.45) is 15.2 Å². The maximum atomic E-state index is 11.5. The second-order valence-electron chi connectivity index (χ2n) is 23.8. The summed E-state index contributed by atoms with van der Waals surface area (Å²) in [5, 5.41) is 92.2. The molecule has 0 spiro atoms.